The molecular weight excluding hydrogens is 358 g/mol. The van der Waals surface area contributed by atoms with Crippen molar-refractivity contribution >= 4 is 17.2 Å². The first-order valence-electron chi connectivity index (χ1n) is 9.88. The molecule has 1 aliphatic heterocycles. The molecule has 0 unspecified atom stereocenters. The van der Waals surface area contributed by atoms with Gasteiger partial charge in [0.25, 0.3) is 0 Å². The Balaban J connectivity index is 1.18. The number of nitrogens with zero attached hydrogens (tertiary/aromatic N) is 2. The molecule has 1 aromatic heterocycles. The molecular formula is C21H27N3O2S. The molecule has 0 bridgehead atoms. The molecule has 0 spiro atoms. The van der Waals surface area contributed by atoms with E-state index in [0.29, 0.717) is 19.6 Å². The second-order valence-electron chi connectivity index (χ2n) is 7.35. The Morgan fingerprint density at radius 2 is 2.19 bits per heavy atom. The Labute approximate surface area is 164 Å². The van der Waals surface area contributed by atoms with E-state index in [1.807, 2.05) is 17.4 Å². The van der Waals surface area contributed by atoms with Crippen LogP contribution in [-0.4, -0.2) is 48.1 Å². The Hall–Kier alpha value is -1.76. The van der Waals surface area contributed by atoms with Crippen LogP contribution < -0.4 is 5.32 Å². The number of aromatic nitrogens is 1. The lowest BCUT2D eigenvalue weighted by molar-refractivity contribution is -0.126. The van der Waals surface area contributed by atoms with Gasteiger partial charge in [0.05, 0.1) is 29.8 Å². The van der Waals surface area contributed by atoms with Crippen molar-refractivity contribution in [1.82, 2.24) is 15.2 Å². The van der Waals surface area contributed by atoms with Crippen LogP contribution >= 0.6 is 11.3 Å². The lowest BCUT2D eigenvalue weighted by atomic mass is 10.1. The van der Waals surface area contributed by atoms with Crippen LogP contribution in [0.2, 0.25) is 0 Å². The van der Waals surface area contributed by atoms with Gasteiger partial charge in [0, 0.05) is 37.5 Å². The Kier molecular flexibility index (Phi) is 6.17. The fraction of sp³-hybridized carbons (Fsp3) is 0.524. The van der Waals surface area contributed by atoms with Crippen LogP contribution in [-0.2, 0) is 35.3 Å². The topological polar surface area (TPSA) is 54.5 Å². The minimum atomic E-state index is -0.0221. The zero-order valence-electron chi connectivity index (χ0n) is 15.7. The predicted molar refractivity (Wildman–Crippen MR) is 107 cm³/mol. The number of benzene rings is 1. The van der Waals surface area contributed by atoms with Gasteiger partial charge >= 0.3 is 0 Å². The standard InChI is InChI=1S/C21H27N3O2S/c25-20(22-10-9-21-23-18-7-4-8-19(18)27-21)13-17-15-24(11-12-26-17)14-16-5-2-1-3-6-16/h1-3,5-6,17H,4,7-15H2,(H,22,25)/t17-/m1/s1. The minimum Gasteiger partial charge on any atom is -0.375 e. The van der Waals surface area contributed by atoms with E-state index < -0.39 is 0 Å². The largest absolute Gasteiger partial charge is 0.375 e. The van der Waals surface area contributed by atoms with Crippen LogP contribution in [0.1, 0.15) is 34.0 Å². The van der Waals surface area contributed by atoms with E-state index in [4.69, 9.17) is 4.74 Å². The molecule has 144 valence electrons. The molecule has 0 saturated carbocycles. The maximum Gasteiger partial charge on any atom is 0.222 e. The highest BCUT2D eigenvalue weighted by molar-refractivity contribution is 7.11. The van der Waals surface area contributed by atoms with Crippen molar-refractivity contribution < 1.29 is 9.53 Å². The summed E-state index contributed by atoms with van der Waals surface area (Å²) in [6, 6.07) is 10.5. The summed E-state index contributed by atoms with van der Waals surface area (Å²) in [6.45, 7) is 3.99. The van der Waals surface area contributed by atoms with Crippen LogP contribution in [0.4, 0.5) is 0 Å². The molecule has 1 N–H and O–H groups in total. The average molecular weight is 386 g/mol. The van der Waals surface area contributed by atoms with E-state index in [0.717, 1.165) is 37.5 Å². The Bertz CT molecular complexity index is 741. The first-order chi connectivity index (χ1) is 13.3. The maximum absolute atomic E-state index is 12.3. The number of ether oxygens (including phenoxy) is 1. The van der Waals surface area contributed by atoms with Crippen LogP contribution in [0.15, 0.2) is 30.3 Å². The Morgan fingerprint density at radius 1 is 1.30 bits per heavy atom. The second kappa shape index (κ2) is 8.95. The van der Waals surface area contributed by atoms with Gasteiger partial charge in [0.2, 0.25) is 5.91 Å². The number of hydrogen-bond donors (Lipinski definition) is 1. The molecule has 6 heteroatoms. The SMILES string of the molecule is O=C(C[C@@H]1CN(Cc2ccccc2)CCO1)NCCc1nc2c(s1)CCC2. The van der Waals surface area contributed by atoms with E-state index >= 15 is 0 Å². The van der Waals surface area contributed by atoms with Crippen molar-refractivity contribution in [3.8, 4) is 0 Å². The molecule has 27 heavy (non-hydrogen) atoms. The summed E-state index contributed by atoms with van der Waals surface area (Å²) in [5, 5.41) is 4.19. The normalized spacial score (nSPS) is 19.8. The summed E-state index contributed by atoms with van der Waals surface area (Å²) in [5.74, 6) is 0.0747. The molecule has 4 rings (SSSR count). The summed E-state index contributed by atoms with van der Waals surface area (Å²) in [4.78, 5) is 20.8. The number of carbonyl (C=O) groups excluding carboxylic acids is 1. The van der Waals surface area contributed by atoms with Gasteiger partial charge in [-0.3, -0.25) is 9.69 Å². The fourth-order valence-corrected chi connectivity index (χ4v) is 4.98. The van der Waals surface area contributed by atoms with E-state index in [1.54, 1.807) is 0 Å². The lowest BCUT2D eigenvalue weighted by Gasteiger charge is -2.32. The number of morpholine rings is 1. The molecule has 5 nitrogen and oxygen atoms in total. The van der Waals surface area contributed by atoms with Crippen LogP contribution in [0.25, 0.3) is 0 Å². The summed E-state index contributed by atoms with van der Waals surface area (Å²) >= 11 is 1.82. The van der Waals surface area contributed by atoms with Gasteiger partial charge in [-0.25, -0.2) is 4.98 Å². The number of rotatable bonds is 7. The van der Waals surface area contributed by atoms with Crippen molar-refractivity contribution in [3.63, 3.8) is 0 Å². The van der Waals surface area contributed by atoms with Crippen molar-refractivity contribution in [3.05, 3.63) is 51.5 Å². The highest BCUT2D eigenvalue weighted by Crippen LogP contribution is 2.27. The summed E-state index contributed by atoms with van der Waals surface area (Å²) in [6.07, 6.45) is 4.78. The smallest absolute Gasteiger partial charge is 0.222 e. The highest BCUT2D eigenvalue weighted by atomic mass is 32.1. The molecule has 2 heterocycles. The van der Waals surface area contributed by atoms with Crippen molar-refractivity contribution in [1.29, 1.82) is 0 Å². The van der Waals surface area contributed by atoms with Crippen molar-refractivity contribution in [2.45, 2.75) is 44.8 Å². The summed E-state index contributed by atoms with van der Waals surface area (Å²) < 4.78 is 5.81. The molecule has 1 saturated heterocycles. The van der Waals surface area contributed by atoms with Gasteiger partial charge in [0.15, 0.2) is 0 Å². The number of aryl methyl sites for hydroxylation is 2. The van der Waals surface area contributed by atoms with Gasteiger partial charge in [-0.1, -0.05) is 30.3 Å². The first kappa shape index (κ1) is 18.6. The van der Waals surface area contributed by atoms with Crippen LogP contribution in [0.5, 0.6) is 0 Å². The monoisotopic (exact) mass is 385 g/mol. The van der Waals surface area contributed by atoms with Gasteiger partial charge in [-0.15, -0.1) is 11.3 Å². The number of thiazole rings is 1. The third kappa shape index (κ3) is 5.15. The van der Waals surface area contributed by atoms with Gasteiger partial charge in [0.1, 0.15) is 0 Å². The third-order valence-electron chi connectivity index (χ3n) is 5.19. The summed E-state index contributed by atoms with van der Waals surface area (Å²) in [5.41, 5.74) is 2.59. The van der Waals surface area contributed by atoms with Crippen molar-refractivity contribution in [2.75, 3.05) is 26.2 Å². The molecule has 2 aliphatic rings. The fourth-order valence-electron chi connectivity index (χ4n) is 3.83. The number of hydrogen-bond acceptors (Lipinski definition) is 5. The maximum atomic E-state index is 12.3. The highest BCUT2D eigenvalue weighted by Gasteiger charge is 2.23. The van der Waals surface area contributed by atoms with Gasteiger partial charge in [-0.2, -0.15) is 0 Å². The predicted octanol–water partition coefficient (Wildman–Crippen LogP) is 2.58. The number of amides is 1. The van der Waals surface area contributed by atoms with Crippen LogP contribution in [0, 0.1) is 0 Å². The molecule has 2 aromatic rings. The molecule has 1 atom stereocenters. The van der Waals surface area contributed by atoms with E-state index in [1.165, 1.54) is 29.0 Å². The first-order valence-corrected chi connectivity index (χ1v) is 10.7. The quantitative estimate of drug-likeness (QED) is 0.796. The minimum absolute atomic E-state index is 0.0221. The van der Waals surface area contributed by atoms with Crippen molar-refractivity contribution in [2.24, 2.45) is 0 Å². The number of carbonyl (C=O) groups is 1. The zero-order chi connectivity index (χ0) is 18.5. The molecule has 1 amide bonds. The van der Waals surface area contributed by atoms with E-state index in [2.05, 4.69) is 39.5 Å². The zero-order valence-corrected chi connectivity index (χ0v) is 16.5. The number of nitrogens with one attached hydrogen (secondary N) is 1. The van der Waals surface area contributed by atoms with E-state index in [-0.39, 0.29) is 12.0 Å². The number of fused-ring (bicyclic) bond motifs is 1. The molecule has 1 fully saturated rings. The molecule has 1 aliphatic carbocycles. The van der Waals surface area contributed by atoms with Crippen LogP contribution in [0.3, 0.4) is 0 Å². The molecule has 0 radical (unpaired) electrons. The second-order valence-corrected chi connectivity index (χ2v) is 8.52. The third-order valence-corrected chi connectivity index (χ3v) is 6.40. The Morgan fingerprint density at radius 3 is 3.04 bits per heavy atom. The average Bonchev–Trinajstić information content (AvgIpc) is 3.24. The van der Waals surface area contributed by atoms with Gasteiger partial charge < -0.3 is 10.1 Å². The summed E-state index contributed by atoms with van der Waals surface area (Å²) in [7, 11) is 0. The van der Waals surface area contributed by atoms with Gasteiger partial charge in [-0.05, 0) is 24.8 Å². The van der Waals surface area contributed by atoms with E-state index in [9.17, 15) is 4.79 Å². The molecule has 1 aromatic carbocycles. The lowest BCUT2D eigenvalue weighted by Crippen LogP contribution is -2.44.